The zero-order chi connectivity index (χ0) is 19.6. The molecule has 1 aromatic rings. The molecular formula is C19H22N4O4. The second-order valence-electron chi connectivity index (χ2n) is 5.92. The molecule has 3 N–H and O–H groups in total. The molecule has 1 aliphatic heterocycles. The number of esters is 1. The lowest BCUT2D eigenvalue weighted by Crippen LogP contribution is -2.36. The Morgan fingerprint density at radius 3 is 2.67 bits per heavy atom. The summed E-state index contributed by atoms with van der Waals surface area (Å²) in [5.74, 6) is -1.66. The highest BCUT2D eigenvalue weighted by atomic mass is 16.5. The minimum Gasteiger partial charge on any atom is -0.462 e. The van der Waals surface area contributed by atoms with Crippen LogP contribution in [0.1, 0.15) is 30.1 Å². The van der Waals surface area contributed by atoms with Crippen molar-refractivity contribution in [1.82, 2.24) is 10.6 Å². The minimum atomic E-state index is -0.722. The first-order chi connectivity index (χ1) is 13.1. The summed E-state index contributed by atoms with van der Waals surface area (Å²) in [4.78, 5) is 36.4. The molecule has 8 heteroatoms. The van der Waals surface area contributed by atoms with Gasteiger partial charge in [0.05, 0.1) is 17.9 Å². The van der Waals surface area contributed by atoms with Crippen molar-refractivity contribution in [3.05, 3.63) is 41.6 Å². The van der Waals surface area contributed by atoms with E-state index in [1.807, 2.05) is 0 Å². The van der Waals surface area contributed by atoms with E-state index in [4.69, 9.17) is 4.74 Å². The number of hydrogen-bond donors (Lipinski definition) is 3. The Labute approximate surface area is 157 Å². The van der Waals surface area contributed by atoms with Gasteiger partial charge >= 0.3 is 5.97 Å². The number of ether oxygens (including phenoxy) is 1. The highest BCUT2D eigenvalue weighted by Gasteiger charge is 2.21. The molecular weight excluding hydrogens is 348 g/mol. The Morgan fingerprint density at radius 2 is 2.00 bits per heavy atom. The number of nitriles is 1. The number of anilines is 1. The summed E-state index contributed by atoms with van der Waals surface area (Å²) in [6.45, 7) is 3.41. The van der Waals surface area contributed by atoms with Gasteiger partial charge in [-0.05, 0) is 45.0 Å². The van der Waals surface area contributed by atoms with E-state index < -0.39 is 11.9 Å². The third kappa shape index (κ3) is 5.66. The zero-order valence-corrected chi connectivity index (χ0v) is 15.1. The van der Waals surface area contributed by atoms with E-state index in [1.54, 1.807) is 25.1 Å². The van der Waals surface area contributed by atoms with Crippen LogP contribution in [0.3, 0.4) is 0 Å². The van der Waals surface area contributed by atoms with Crippen LogP contribution in [0.5, 0.6) is 0 Å². The standard InChI is InChI=1S/C19H22N4O4/c1-2-27-19(26)15-5-3-4-6-16(15)23-18(25)14(11-20)12-22-17(24)13-7-9-21-10-8-13/h3-6,12-13,21H,2,7-10H2,1H3,(H,22,24)(H,23,25)/b14-12-. The van der Waals surface area contributed by atoms with Gasteiger partial charge < -0.3 is 20.7 Å². The van der Waals surface area contributed by atoms with Gasteiger partial charge in [-0.2, -0.15) is 5.26 Å². The maximum absolute atomic E-state index is 12.3. The van der Waals surface area contributed by atoms with Gasteiger partial charge in [0.1, 0.15) is 11.6 Å². The van der Waals surface area contributed by atoms with Crippen LogP contribution in [-0.4, -0.2) is 37.5 Å². The maximum Gasteiger partial charge on any atom is 0.340 e. The lowest BCUT2D eigenvalue weighted by atomic mass is 9.97. The number of amides is 2. The lowest BCUT2D eigenvalue weighted by Gasteiger charge is -2.20. The molecule has 0 radical (unpaired) electrons. The average molecular weight is 370 g/mol. The van der Waals surface area contributed by atoms with Crippen molar-refractivity contribution in [2.24, 2.45) is 5.92 Å². The molecule has 0 spiro atoms. The van der Waals surface area contributed by atoms with Crippen molar-refractivity contribution < 1.29 is 19.1 Å². The fourth-order valence-corrected chi connectivity index (χ4v) is 2.66. The van der Waals surface area contributed by atoms with Crippen molar-refractivity contribution in [3.8, 4) is 6.07 Å². The van der Waals surface area contributed by atoms with Crippen molar-refractivity contribution in [2.75, 3.05) is 25.0 Å². The minimum absolute atomic E-state index is 0.143. The van der Waals surface area contributed by atoms with E-state index >= 15 is 0 Å². The maximum atomic E-state index is 12.3. The Bertz CT molecular complexity index is 776. The second-order valence-corrected chi connectivity index (χ2v) is 5.92. The van der Waals surface area contributed by atoms with Crippen LogP contribution >= 0.6 is 0 Å². The predicted octanol–water partition coefficient (Wildman–Crippen LogP) is 1.33. The fourth-order valence-electron chi connectivity index (χ4n) is 2.66. The number of carbonyl (C=O) groups excluding carboxylic acids is 3. The molecule has 0 unspecified atom stereocenters. The van der Waals surface area contributed by atoms with Crippen molar-refractivity contribution in [2.45, 2.75) is 19.8 Å². The van der Waals surface area contributed by atoms with E-state index in [9.17, 15) is 19.6 Å². The van der Waals surface area contributed by atoms with E-state index in [-0.39, 0.29) is 35.3 Å². The Morgan fingerprint density at radius 1 is 1.30 bits per heavy atom. The smallest absolute Gasteiger partial charge is 0.340 e. The number of carbonyl (C=O) groups is 3. The number of hydrogen-bond acceptors (Lipinski definition) is 6. The van der Waals surface area contributed by atoms with Gasteiger partial charge in [-0.3, -0.25) is 9.59 Å². The normalized spacial score (nSPS) is 14.7. The molecule has 1 aromatic carbocycles. The first-order valence-corrected chi connectivity index (χ1v) is 8.75. The van der Waals surface area contributed by atoms with Crippen LogP contribution in [0.25, 0.3) is 0 Å². The Balaban J connectivity index is 2.06. The monoisotopic (exact) mass is 370 g/mol. The van der Waals surface area contributed by atoms with Crippen molar-refractivity contribution in [1.29, 1.82) is 5.26 Å². The SMILES string of the molecule is CCOC(=O)c1ccccc1NC(=O)/C(C#N)=C\NC(=O)C1CCNCC1. The van der Waals surface area contributed by atoms with Gasteiger partial charge in [0, 0.05) is 12.1 Å². The molecule has 0 saturated carbocycles. The number of nitrogens with zero attached hydrogens (tertiary/aromatic N) is 1. The summed E-state index contributed by atoms with van der Waals surface area (Å²) in [7, 11) is 0. The van der Waals surface area contributed by atoms with Crippen LogP contribution in [-0.2, 0) is 14.3 Å². The summed E-state index contributed by atoms with van der Waals surface area (Å²) in [5, 5.41) is 17.4. The number of para-hydroxylation sites is 1. The van der Waals surface area contributed by atoms with Crippen LogP contribution < -0.4 is 16.0 Å². The summed E-state index contributed by atoms with van der Waals surface area (Å²) in [6, 6.07) is 8.10. The van der Waals surface area contributed by atoms with Gasteiger partial charge in [0.2, 0.25) is 5.91 Å². The van der Waals surface area contributed by atoms with Gasteiger partial charge in [0.15, 0.2) is 0 Å². The third-order valence-corrected chi connectivity index (χ3v) is 4.10. The summed E-state index contributed by atoms with van der Waals surface area (Å²) < 4.78 is 4.95. The van der Waals surface area contributed by atoms with Crippen molar-refractivity contribution >= 4 is 23.5 Å². The van der Waals surface area contributed by atoms with E-state index in [0.29, 0.717) is 12.8 Å². The first kappa shape index (κ1) is 20.1. The molecule has 2 amide bonds. The Hall–Kier alpha value is -3.18. The average Bonchev–Trinajstić information content (AvgIpc) is 2.69. The summed E-state index contributed by atoms with van der Waals surface area (Å²) in [5.41, 5.74) is 0.145. The van der Waals surface area contributed by atoms with E-state index in [1.165, 1.54) is 12.1 Å². The lowest BCUT2D eigenvalue weighted by molar-refractivity contribution is -0.124. The van der Waals surface area contributed by atoms with Gasteiger partial charge in [0.25, 0.3) is 5.91 Å². The highest BCUT2D eigenvalue weighted by Crippen LogP contribution is 2.17. The molecule has 8 nitrogen and oxygen atoms in total. The first-order valence-electron chi connectivity index (χ1n) is 8.75. The van der Waals surface area contributed by atoms with Crippen LogP contribution in [0.15, 0.2) is 36.0 Å². The van der Waals surface area contributed by atoms with Gasteiger partial charge in [-0.25, -0.2) is 4.79 Å². The van der Waals surface area contributed by atoms with Crippen LogP contribution in [0.4, 0.5) is 5.69 Å². The largest absolute Gasteiger partial charge is 0.462 e. The number of nitrogens with one attached hydrogen (secondary N) is 3. The molecule has 27 heavy (non-hydrogen) atoms. The molecule has 1 saturated heterocycles. The van der Waals surface area contributed by atoms with E-state index in [2.05, 4.69) is 16.0 Å². The fraction of sp³-hybridized carbons (Fsp3) is 0.368. The second kappa shape index (κ2) is 10.1. The summed E-state index contributed by atoms with van der Waals surface area (Å²) >= 11 is 0. The topological polar surface area (TPSA) is 120 Å². The van der Waals surface area contributed by atoms with Gasteiger partial charge in [-0.15, -0.1) is 0 Å². The summed E-state index contributed by atoms with van der Waals surface area (Å²) in [6.07, 6.45) is 2.52. The molecule has 142 valence electrons. The molecule has 1 heterocycles. The Kier molecular flexibility index (Phi) is 7.52. The van der Waals surface area contributed by atoms with Crippen LogP contribution in [0.2, 0.25) is 0 Å². The molecule has 0 bridgehead atoms. The molecule has 0 aromatic heterocycles. The number of benzene rings is 1. The number of piperidine rings is 1. The molecule has 0 aliphatic carbocycles. The van der Waals surface area contributed by atoms with Crippen molar-refractivity contribution in [3.63, 3.8) is 0 Å². The zero-order valence-electron chi connectivity index (χ0n) is 15.1. The quantitative estimate of drug-likeness (QED) is 0.395. The molecule has 2 rings (SSSR count). The highest BCUT2D eigenvalue weighted by molar-refractivity contribution is 6.09. The molecule has 0 atom stereocenters. The molecule has 1 fully saturated rings. The van der Waals surface area contributed by atoms with Gasteiger partial charge in [-0.1, -0.05) is 12.1 Å². The predicted molar refractivity (Wildman–Crippen MR) is 98.5 cm³/mol. The third-order valence-electron chi connectivity index (χ3n) is 4.10. The molecule has 1 aliphatic rings. The number of rotatable bonds is 6. The van der Waals surface area contributed by atoms with E-state index in [0.717, 1.165) is 19.3 Å². The van der Waals surface area contributed by atoms with Crippen LogP contribution in [0, 0.1) is 17.2 Å².